The molecule has 1 fully saturated rings. The predicted octanol–water partition coefficient (Wildman–Crippen LogP) is 0.600. The Bertz CT molecular complexity index is 397. The number of anilines is 1. The van der Waals surface area contributed by atoms with Gasteiger partial charge in [-0.25, -0.2) is 4.98 Å². The molecule has 88 valence electrons. The Morgan fingerprint density at radius 3 is 3.00 bits per heavy atom. The van der Waals surface area contributed by atoms with Crippen LogP contribution in [0.5, 0.6) is 0 Å². The lowest BCUT2D eigenvalue weighted by Gasteiger charge is -2.08. The minimum absolute atomic E-state index is 0.00139. The van der Waals surface area contributed by atoms with Crippen LogP contribution in [0.2, 0.25) is 0 Å². The van der Waals surface area contributed by atoms with Crippen LogP contribution in [0.15, 0.2) is 17.2 Å². The second-order valence-corrected chi connectivity index (χ2v) is 4.00. The summed E-state index contributed by atoms with van der Waals surface area (Å²) < 4.78 is 1.78. The third-order valence-corrected chi connectivity index (χ3v) is 2.65. The Labute approximate surface area is 94.9 Å². The van der Waals surface area contributed by atoms with Crippen LogP contribution in [0.1, 0.15) is 25.8 Å². The van der Waals surface area contributed by atoms with Crippen LogP contribution in [0, 0.1) is 0 Å². The van der Waals surface area contributed by atoms with Crippen LogP contribution < -0.4 is 16.2 Å². The van der Waals surface area contributed by atoms with E-state index in [1.165, 1.54) is 0 Å². The number of rotatable bonds is 6. The fourth-order valence-corrected chi connectivity index (χ4v) is 1.63. The lowest BCUT2D eigenvalue weighted by molar-refractivity contribution is 0.695. The predicted molar refractivity (Wildman–Crippen MR) is 63.8 cm³/mol. The molecule has 1 aromatic heterocycles. The summed E-state index contributed by atoms with van der Waals surface area (Å²) in [7, 11) is 0. The Morgan fingerprint density at radius 2 is 2.31 bits per heavy atom. The maximum atomic E-state index is 11.9. The summed E-state index contributed by atoms with van der Waals surface area (Å²) in [5.41, 5.74) is 0.00139. The van der Waals surface area contributed by atoms with Crippen molar-refractivity contribution in [3.8, 4) is 0 Å². The molecule has 1 heterocycles. The van der Waals surface area contributed by atoms with E-state index in [1.54, 1.807) is 17.0 Å². The van der Waals surface area contributed by atoms with Crippen LogP contribution in [-0.4, -0.2) is 29.2 Å². The van der Waals surface area contributed by atoms with Crippen molar-refractivity contribution in [2.45, 2.75) is 25.8 Å². The maximum Gasteiger partial charge on any atom is 0.293 e. The van der Waals surface area contributed by atoms with Gasteiger partial charge in [-0.05, 0) is 19.4 Å². The number of nitrogens with zero attached hydrogens (tertiary/aromatic N) is 2. The fraction of sp³-hybridized carbons (Fsp3) is 0.636. The van der Waals surface area contributed by atoms with E-state index in [9.17, 15) is 4.79 Å². The van der Waals surface area contributed by atoms with Crippen molar-refractivity contribution in [3.63, 3.8) is 0 Å². The van der Waals surface area contributed by atoms with E-state index in [1.807, 2.05) is 0 Å². The highest BCUT2D eigenvalue weighted by atomic mass is 16.1. The third kappa shape index (κ3) is 2.61. The molecule has 1 saturated carbocycles. The van der Waals surface area contributed by atoms with Gasteiger partial charge in [-0.1, -0.05) is 6.92 Å². The number of likely N-dealkylation sites (N-methyl/N-ethyl adjacent to an activating group) is 1. The van der Waals surface area contributed by atoms with Gasteiger partial charge in [0.25, 0.3) is 5.56 Å². The zero-order chi connectivity index (χ0) is 11.4. The highest BCUT2D eigenvalue weighted by molar-refractivity contribution is 5.31. The zero-order valence-electron chi connectivity index (χ0n) is 9.57. The van der Waals surface area contributed by atoms with E-state index >= 15 is 0 Å². The maximum absolute atomic E-state index is 11.9. The fourth-order valence-electron chi connectivity index (χ4n) is 1.63. The molecule has 0 radical (unpaired) electrons. The summed E-state index contributed by atoms with van der Waals surface area (Å²) in [6.07, 6.45) is 5.69. The van der Waals surface area contributed by atoms with Gasteiger partial charge in [0.1, 0.15) is 0 Å². The molecule has 1 aromatic rings. The first-order chi connectivity index (χ1) is 7.83. The highest BCUT2D eigenvalue weighted by Crippen LogP contribution is 2.33. The molecule has 0 saturated heterocycles. The zero-order valence-corrected chi connectivity index (χ0v) is 9.57. The second-order valence-electron chi connectivity index (χ2n) is 4.00. The largest absolute Gasteiger partial charge is 0.364 e. The molecule has 2 rings (SSSR count). The molecule has 0 amide bonds. The molecule has 0 bridgehead atoms. The number of hydrogen-bond acceptors (Lipinski definition) is 4. The smallest absolute Gasteiger partial charge is 0.293 e. The lowest BCUT2D eigenvalue weighted by Crippen LogP contribution is -2.27. The van der Waals surface area contributed by atoms with Crippen LogP contribution in [0.3, 0.4) is 0 Å². The van der Waals surface area contributed by atoms with Crippen molar-refractivity contribution in [3.05, 3.63) is 22.7 Å². The molecule has 16 heavy (non-hydrogen) atoms. The molecule has 2 N–H and O–H groups in total. The second kappa shape index (κ2) is 5.12. The van der Waals surface area contributed by atoms with Crippen molar-refractivity contribution in [1.82, 2.24) is 14.9 Å². The normalized spacial score (nSPS) is 15.1. The van der Waals surface area contributed by atoms with E-state index in [-0.39, 0.29) is 5.56 Å². The lowest BCUT2D eigenvalue weighted by atomic mass is 10.5. The Kier molecular flexibility index (Phi) is 3.56. The molecule has 0 spiro atoms. The summed E-state index contributed by atoms with van der Waals surface area (Å²) in [5.74, 6) is 0.465. The Hall–Kier alpha value is -1.36. The quantitative estimate of drug-likeness (QED) is 0.692. The molecular weight excluding hydrogens is 204 g/mol. The molecular formula is C11H18N4O. The third-order valence-electron chi connectivity index (χ3n) is 2.65. The number of nitrogens with one attached hydrogen (secondary N) is 2. The molecule has 5 nitrogen and oxygen atoms in total. The molecule has 0 aromatic carbocycles. The van der Waals surface area contributed by atoms with Crippen LogP contribution >= 0.6 is 0 Å². The molecule has 0 atom stereocenters. The first-order valence-electron chi connectivity index (χ1n) is 5.84. The van der Waals surface area contributed by atoms with Crippen molar-refractivity contribution in [2.75, 3.05) is 25.0 Å². The Balaban J connectivity index is 1.98. The topological polar surface area (TPSA) is 59.0 Å². The van der Waals surface area contributed by atoms with Crippen LogP contribution in [-0.2, 0) is 0 Å². The van der Waals surface area contributed by atoms with E-state index < -0.39 is 0 Å². The van der Waals surface area contributed by atoms with E-state index in [2.05, 4.69) is 22.5 Å². The molecule has 0 unspecified atom stereocenters. The van der Waals surface area contributed by atoms with Gasteiger partial charge in [0.2, 0.25) is 0 Å². The van der Waals surface area contributed by atoms with Gasteiger partial charge in [-0.15, -0.1) is 0 Å². The average molecular weight is 222 g/mol. The summed E-state index contributed by atoms with van der Waals surface area (Å²) >= 11 is 0. The van der Waals surface area contributed by atoms with E-state index in [4.69, 9.17) is 0 Å². The van der Waals surface area contributed by atoms with Gasteiger partial charge < -0.3 is 15.2 Å². The first-order valence-corrected chi connectivity index (χ1v) is 5.84. The average Bonchev–Trinajstić information content (AvgIpc) is 3.10. The van der Waals surface area contributed by atoms with Crippen LogP contribution in [0.25, 0.3) is 0 Å². The molecule has 5 heteroatoms. The molecule has 1 aliphatic carbocycles. The molecule has 0 aliphatic heterocycles. The van der Waals surface area contributed by atoms with Crippen molar-refractivity contribution >= 4 is 5.82 Å². The van der Waals surface area contributed by atoms with Crippen molar-refractivity contribution < 1.29 is 0 Å². The summed E-state index contributed by atoms with van der Waals surface area (Å²) in [5, 5.41) is 6.25. The molecule has 1 aliphatic rings. The van der Waals surface area contributed by atoms with E-state index in [0.717, 1.165) is 32.5 Å². The minimum atomic E-state index is 0.00139. The van der Waals surface area contributed by atoms with Gasteiger partial charge in [0.15, 0.2) is 5.82 Å². The number of hydrogen-bond donors (Lipinski definition) is 2. The van der Waals surface area contributed by atoms with Gasteiger partial charge in [0.05, 0.1) is 0 Å². The summed E-state index contributed by atoms with van der Waals surface area (Å²) in [4.78, 5) is 16.0. The summed E-state index contributed by atoms with van der Waals surface area (Å²) in [6, 6.07) is 0.407. The van der Waals surface area contributed by atoms with Crippen molar-refractivity contribution in [1.29, 1.82) is 0 Å². The Morgan fingerprint density at radius 1 is 1.50 bits per heavy atom. The van der Waals surface area contributed by atoms with Gasteiger partial charge >= 0.3 is 0 Å². The standard InChI is InChI=1S/C11H18N4O/c1-2-12-5-6-13-10-11(16)15(8-7-14-10)9-3-4-9/h7-9,12H,2-6H2,1H3,(H,13,14). The van der Waals surface area contributed by atoms with E-state index in [0.29, 0.717) is 11.9 Å². The SMILES string of the molecule is CCNCCNc1nccn(C2CC2)c1=O. The summed E-state index contributed by atoms with van der Waals surface area (Å²) in [6.45, 7) is 4.57. The van der Waals surface area contributed by atoms with Crippen molar-refractivity contribution in [2.24, 2.45) is 0 Å². The van der Waals surface area contributed by atoms with Gasteiger partial charge in [-0.3, -0.25) is 4.79 Å². The first kappa shape index (κ1) is 11.1. The monoisotopic (exact) mass is 222 g/mol. The number of aromatic nitrogens is 2. The minimum Gasteiger partial charge on any atom is -0.364 e. The van der Waals surface area contributed by atoms with Crippen LogP contribution in [0.4, 0.5) is 5.82 Å². The van der Waals surface area contributed by atoms with Gasteiger partial charge in [-0.2, -0.15) is 0 Å². The van der Waals surface area contributed by atoms with Gasteiger partial charge in [0, 0.05) is 31.5 Å². The highest BCUT2D eigenvalue weighted by Gasteiger charge is 2.25.